The van der Waals surface area contributed by atoms with Crippen LogP contribution in [0.25, 0.3) is 0 Å². The Hall–Kier alpha value is -1.00. The number of carbonyl (C=O) groups is 1. The van der Waals surface area contributed by atoms with Crippen molar-refractivity contribution >= 4 is 17.7 Å². The number of carbonyl (C=O) groups excluding carboxylic acids is 1. The Bertz CT molecular complexity index is 421. The summed E-state index contributed by atoms with van der Waals surface area (Å²) < 4.78 is 4.85. The summed E-state index contributed by atoms with van der Waals surface area (Å²) in [6.07, 6.45) is 0. The number of methoxy groups -OCH3 is 1. The molecule has 0 amide bonds. The molecule has 2 rings (SSSR count). The Kier molecular flexibility index (Phi) is 2.95. The third kappa shape index (κ3) is 1.53. The Labute approximate surface area is 99.4 Å². The van der Waals surface area contributed by atoms with E-state index in [-0.39, 0.29) is 11.9 Å². The summed E-state index contributed by atoms with van der Waals surface area (Å²) in [5.41, 5.74) is 6.16. The minimum atomic E-state index is -1.00. The van der Waals surface area contributed by atoms with E-state index in [0.29, 0.717) is 0 Å². The van der Waals surface area contributed by atoms with E-state index in [9.17, 15) is 4.79 Å². The number of hydrogen-bond acceptors (Lipinski definition) is 4. The van der Waals surface area contributed by atoms with E-state index in [1.807, 2.05) is 31.2 Å². The molecular formula is C12H15NO2S. The molecule has 0 aromatic heterocycles. The fourth-order valence-corrected chi connectivity index (χ4v) is 3.29. The van der Waals surface area contributed by atoms with E-state index >= 15 is 0 Å². The van der Waals surface area contributed by atoms with Crippen LogP contribution in [-0.2, 0) is 15.1 Å². The summed E-state index contributed by atoms with van der Waals surface area (Å²) in [4.78, 5) is 13.0. The van der Waals surface area contributed by atoms with Gasteiger partial charge in [-0.05, 0) is 17.5 Å². The third-order valence-corrected chi connectivity index (χ3v) is 4.46. The molecule has 0 spiro atoms. The van der Waals surface area contributed by atoms with E-state index in [4.69, 9.17) is 10.5 Å². The molecule has 86 valence electrons. The van der Waals surface area contributed by atoms with Gasteiger partial charge in [0, 0.05) is 10.6 Å². The Morgan fingerprint density at radius 1 is 1.56 bits per heavy atom. The minimum absolute atomic E-state index is 0.0693. The zero-order valence-electron chi connectivity index (χ0n) is 9.40. The third-order valence-electron chi connectivity index (χ3n) is 3.12. The van der Waals surface area contributed by atoms with Crippen LogP contribution in [0.3, 0.4) is 0 Å². The van der Waals surface area contributed by atoms with E-state index in [2.05, 4.69) is 0 Å². The highest BCUT2D eigenvalue weighted by Crippen LogP contribution is 2.42. The van der Waals surface area contributed by atoms with E-state index < -0.39 is 5.54 Å². The van der Waals surface area contributed by atoms with Crippen molar-refractivity contribution in [3.63, 3.8) is 0 Å². The SMILES string of the molecule is COC(=O)C1(N)c2ccccc2SCC1C. The lowest BCUT2D eigenvalue weighted by molar-refractivity contribution is -0.149. The highest BCUT2D eigenvalue weighted by Gasteiger charge is 2.46. The second-order valence-electron chi connectivity index (χ2n) is 4.07. The average Bonchev–Trinajstić information content (AvgIpc) is 2.33. The number of benzene rings is 1. The molecule has 3 nitrogen and oxygen atoms in total. The van der Waals surface area contributed by atoms with Crippen molar-refractivity contribution in [1.82, 2.24) is 0 Å². The maximum atomic E-state index is 11.9. The molecule has 1 aromatic carbocycles. The molecule has 1 aromatic rings. The molecule has 2 N–H and O–H groups in total. The molecule has 4 heteroatoms. The van der Waals surface area contributed by atoms with Crippen LogP contribution in [-0.4, -0.2) is 18.8 Å². The molecule has 1 aliphatic rings. The number of thioether (sulfide) groups is 1. The predicted molar refractivity (Wildman–Crippen MR) is 64.2 cm³/mol. The second kappa shape index (κ2) is 4.11. The van der Waals surface area contributed by atoms with Crippen LogP contribution in [0.2, 0.25) is 0 Å². The van der Waals surface area contributed by atoms with E-state index in [0.717, 1.165) is 16.2 Å². The molecule has 1 aliphatic heterocycles. The topological polar surface area (TPSA) is 52.3 Å². The lowest BCUT2D eigenvalue weighted by Gasteiger charge is -2.37. The Morgan fingerprint density at radius 2 is 2.25 bits per heavy atom. The first-order valence-corrected chi connectivity index (χ1v) is 6.19. The van der Waals surface area contributed by atoms with Crippen LogP contribution in [0, 0.1) is 5.92 Å². The van der Waals surface area contributed by atoms with Crippen molar-refractivity contribution in [3.05, 3.63) is 29.8 Å². The van der Waals surface area contributed by atoms with Crippen LogP contribution in [0.5, 0.6) is 0 Å². The zero-order chi connectivity index (χ0) is 11.8. The highest BCUT2D eigenvalue weighted by atomic mass is 32.2. The summed E-state index contributed by atoms with van der Waals surface area (Å²) in [6, 6.07) is 7.77. The Morgan fingerprint density at radius 3 is 2.94 bits per heavy atom. The molecule has 2 unspecified atom stereocenters. The molecule has 16 heavy (non-hydrogen) atoms. The lowest BCUT2D eigenvalue weighted by atomic mass is 9.80. The van der Waals surface area contributed by atoms with Crippen LogP contribution in [0.4, 0.5) is 0 Å². The summed E-state index contributed by atoms with van der Waals surface area (Å²) in [6.45, 7) is 1.99. The van der Waals surface area contributed by atoms with E-state index in [1.54, 1.807) is 11.8 Å². The lowest BCUT2D eigenvalue weighted by Crippen LogP contribution is -2.53. The summed E-state index contributed by atoms with van der Waals surface area (Å²) in [5, 5.41) is 0. The van der Waals surface area contributed by atoms with Gasteiger partial charge < -0.3 is 10.5 Å². The van der Waals surface area contributed by atoms with Crippen LogP contribution in [0.15, 0.2) is 29.2 Å². The van der Waals surface area contributed by atoms with Crippen molar-refractivity contribution in [2.24, 2.45) is 11.7 Å². The van der Waals surface area contributed by atoms with Crippen LogP contribution in [0.1, 0.15) is 12.5 Å². The predicted octanol–water partition coefficient (Wildman–Crippen LogP) is 1.76. The van der Waals surface area contributed by atoms with Crippen molar-refractivity contribution in [2.45, 2.75) is 17.4 Å². The number of esters is 1. The minimum Gasteiger partial charge on any atom is -0.467 e. The molecule has 2 atom stereocenters. The molecule has 0 saturated carbocycles. The monoisotopic (exact) mass is 237 g/mol. The molecule has 0 radical (unpaired) electrons. The van der Waals surface area contributed by atoms with Gasteiger partial charge >= 0.3 is 5.97 Å². The molecule has 0 aliphatic carbocycles. The molecular weight excluding hydrogens is 222 g/mol. The van der Waals surface area contributed by atoms with E-state index in [1.165, 1.54) is 7.11 Å². The fourth-order valence-electron chi connectivity index (χ4n) is 2.03. The first-order chi connectivity index (χ1) is 7.60. The number of rotatable bonds is 1. The van der Waals surface area contributed by atoms with Gasteiger partial charge in [-0.2, -0.15) is 0 Å². The first kappa shape index (κ1) is 11.5. The molecule has 0 fully saturated rings. The van der Waals surface area contributed by atoms with Crippen molar-refractivity contribution in [3.8, 4) is 0 Å². The molecule has 1 heterocycles. The van der Waals surface area contributed by atoms with Crippen LogP contribution < -0.4 is 5.73 Å². The van der Waals surface area contributed by atoms with Crippen molar-refractivity contribution in [1.29, 1.82) is 0 Å². The van der Waals surface area contributed by atoms with Gasteiger partial charge in [0.05, 0.1) is 7.11 Å². The Balaban J connectivity index is 2.56. The van der Waals surface area contributed by atoms with Gasteiger partial charge in [0.15, 0.2) is 0 Å². The number of nitrogens with two attached hydrogens (primary N) is 1. The van der Waals surface area contributed by atoms with Gasteiger partial charge in [0.25, 0.3) is 0 Å². The highest BCUT2D eigenvalue weighted by molar-refractivity contribution is 7.99. The zero-order valence-corrected chi connectivity index (χ0v) is 10.2. The van der Waals surface area contributed by atoms with Gasteiger partial charge in [-0.1, -0.05) is 25.1 Å². The summed E-state index contributed by atoms with van der Waals surface area (Å²) >= 11 is 1.74. The quantitative estimate of drug-likeness (QED) is 0.756. The first-order valence-electron chi connectivity index (χ1n) is 5.20. The smallest absolute Gasteiger partial charge is 0.330 e. The fraction of sp³-hybridized carbons (Fsp3) is 0.417. The van der Waals surface area contributed by atoms with Gasteiger partial charge in [-0.15, -0.1) is 11.8 Å². The van der Waals surface area contributed by atoms with Crippen molar-refractivity contribution in [2.75, 3.05) is 12.9 Å². The normalized spacial score (nSPS) is 28.3. The summed E-state index contributed by atoms with van der Waals surface area (Å²) in [5.74, 6) is 0.551. The standard InChI is InChI=1S/C12H15NO2S/c1-8-7-16-10-6-4-3-5-9(10)12(8,13)11(14)15-2/h3-6,8H,7,13H2,1-2H3. The van der Waals surface area contributed by atoms with Gasteiger partial charge in [0.2, 0.25) is 0 Å². The van der Waals surface area contributed by atoms with Crippen LogP contribution >= 0.6 is 11.8 Å². The average molecular weight is 237 g/mol. The van der Waals surface area contributed by atoms with Gasteiger partial charge in [-0.25, -0.2) is 4.79 Å². The maximum absolute atomic E-state index is 11.9. The maximum Gasteiger partial charge on any atom is 0.330 e. The van der Waals surface area contributed by atoms with Gasteiger partial charge in [-0.3, -0.25) is 0 Å². The molecule has 0 bridgehead atoms. The number of hydrogen-bond donors (Lipinski definition) is 1. The van der Waals surface area contributed by atoms with Gasteiger partial charge in [0.1, 0.15) is 5.54 Å². The number of ether oxygens (including phenoxy) is 1. The largest absolute Gasteiger partial charge is 0.467 e. The summed E-state index contributed by atoms with van der Waals surface area (Å²) in [7, 11) is 1.38. The number of fused-ring (bicyclic) bond motifs is 1. The second-order valence-corrected chi connectivity index (χ2v) is 5.13. The molecule has 0 saturated heterocycles. The van der Waals surface area contributed by atoms with Crippen molar-refractivity contribution < 1.29 is 9.53 Å².